The fraction of sp³-hybridized carbons (Fsp3) is 0.700. The summed E-state index contributed by atoms with van der Waals surface area (Å²) in [5.74, 6) is 1.29. The zero-order chi connectivity index (χ0) is 23.6. The van der Waals surface area contributed by atoms with E-state index < -0.39 is 5.79 Å². The molecule has 0 aliphatic heterocycles. The van der Waals surface area contributed by atoms with E-state index >= 15 is 0 Å². The van der Waals surface area contributed by atoms with Crippen molar-refractivity contribution >= 4 is 5.78 Å². The number of carbonyl (C=O) groups is 1. The van der Waals surface area contributed by atoms with E-state index in [2.05, 4.69) is 58.0 Å². The van der Waals surface area contributed by atoms with Crippen LogP contribution in [0.5, 0.6) is 0 Å². The van der Waals surface area contributed by atoms with Crippen LogP contribution in [-0.2, 0) is 16.1 Å². The average molecular weight is 451 g/mol. The third kappa shape index (κ3) is 3.48. The number of benzene rings is 1. The van der Waals surface area contributed by atoms with Gasteiger partial charge in [0.15, 0.2) is 5.79 Å². The minimum absolute atomic E-state index is 0.133. The van der Waals surface area contributed by atoms with Crippen molar-refractivity contribution < 1.29 is 14.6 Å². The van der Waals surface area contributed by atoms with Crippen molar-refractivity contribution in [3.05, 3.63) is 47.0 Å². The van der Waals surface area contributed by atoms with Crippen LogP contribution in [0.1, 0.15) is 90.2 Å². The molecule has 5 rings (SSSR count). The standard InChI is InChI=1S/C30H42O3/c1-20-6-8-22(9-7-20)19-33-30(32)17-16-27(3)23(18-30)10-11-24-25(27)12-15-29(5)26(24)13-14-28(29,4)21(2)31/h6-10,24-26,32H,11-19H2,1-5H3/t24-,25+,26+,27+,28-,29+,30?/m1/s1. The molecule has 4 aliphatic rings. The fourth-order valence-corrected chi connectivity index (χ4v) is 8.49. The number of hydrogen-bond acceptors (Lipinski definition) is 3. The molecule has 0 heterocycles. The first kappa shape index (κ1) is 23.3. The Morgan fingerprint density at radius 3 is 2.42 bits per heavy atom. The van der Waals surface area contributed by atoms with Crippen molar-refractivity contribution in [3.8, 4) is 0 Å². The summed E-state index contributed by atoms with van der Waals surface area (Å²) in [5.41, 5.74) is 3.89. The molecular weight excluding hydrogens is 408 g/mol. The number of aryl methyl sites for hydroxylation is 1. The van der Waals surface area contributed by atoms with Gasteiger partial charge in [-0.2, -0.15) is 0 Å². The average Bonchev–Trinajstić information content (AvgIpc) is 3.06. The molecule has 7 atom stereocenters. The first-order valence-electron chi connectivity index (χ1n) is 13.1. The molecule has 0 bridgehead atoms. The van der Waals surface area contributed by atoms with E-state index in [9.17, 15) is 9.90 Å². The second-order valence-electron chi connectivity index (χ2n) is 12.5. The summed E-state index contributed by atoms with van der Waals surface area (Å²) in [7, 11) is 0. The maximum Gasteiger partial charge on any atom is 0.169 e. The van der Waals surface area contributed by atoms with Gasteiger partial charge in [-0.15, -0.1) is 0 Å². The molecule has 3 fully saturated rings. The highest BCUT2D eigenvalue weighted by molar-refractivity contribution is 5.83. The van der Waals surface area contributed by atoms with Gasteiger partial charge in [-0.25, -0.2) is 0 Å². The van der Waals surface area contributed by atoms with Gasteiger partial charge in [0.25, 0.3) is 0 Å². The van der Waals surface area contributed by atoms with E-state index in [1.54, 1.807) is 0 Å². The molecule has 3 nitrogen and oxygen atoms in total. The molecule has 33 heavy (non-hydrogen) atoms. The number of rotatable bonds is 4. The highest BCUT2D eigenvalue weighted by atomic mass is 16.6. The van der Waals surface area contributed by atoms with Crippen LogP contribution in [-0.4, -0.2) is 16.7 Å². The lowest BCUT2D eigenvalue weighted by atomic mass is 9.45. The number of hydrogen-bond donors (Lipinski definition) is 1. The number of fused-ring (bicyclic) bond motifs is 5. The van der Waals surface area contributed by atoms with Crippen molar-refractivity contribution in [2.24, 2.45) is 34.0 Å². The number of ketones is 1. The lowest BCUT2D eigenvalue weighted by Crippen LogP contribution is -2.54. The van der Waals surface area contributed by atoms with Crippen molar-refractivity contribution in [2.75, 3.05) is 0 Å². The Labute approximate surface area is 200 Å². The van der Waals surface area contributed by atoms with Crippen LogP contribution in [0.2, 0.25) is 0 Å². The van der Waals surface area contributed by atoms with E-state index in [1.165, 1.54) is 24.0 Å². The molecule has 0 amide bonds. The van der Waals surface area contributed by atoms with Gasteiger partial charge in [0.05, 0.1) is 6.61 Å². The number of carbonyl (C=O) groups excluding carboxylic acids is 1. The van der Waals surface area contributed by atoms with Gasteiger partial charge in [0.2, 0.25) is 0 Å². The zero-order valence-electron chi connectivity index (χ0n) is 21.2. The van der Waals surface area contributed by atoms with Gasteiger partial charge in [-0.3, -0.25) is 4.79 Å². The molecule has 0 saturated heterocycles. The highest BCUT2D eigenvalue weighted by Crippen LogP contribution is 2.70. The molecule has 0 spiro atoms. The molecule has 3 heteroatoms. The van der Waals surface area contributed by atoms with Gasteiger partial charge in [0, 0.05) is 18.3 Å². The molecular formula is C30H42O3. The summed E-state index contributed by atoms with van der Waals surface area (Å²) in [6, 6.07) is 8.37. The lowest BCUT2D eigenvalue weighted by Gasteiger charge is -2.60. The molecule has 1 aromatic carbocycles. The molecule has 1 unspecified atom stereocenters. The summed E-state index contributed by atoms with van der Waals surface area (Å²) in [6.07, 6.45) is 10.5. The Bertz CT molecular complexity index is 963. The first-order chi connectivity index (χ1) is 15.5. The summed E-state index contributed by atoms with van der Waals surface area (Å²) in [6.45, 7) is 11.5. The normalized spacial score (nSPS) is 44.4. The van der Waals surface area contributed by atoms with Gasteiger partial charge in [-0.05, 0) is 86.5 Å². The van der Waals surface area contributed by atoms with Crippen molar-refractivity contribution in [1.82, 2.24) is 0 Å². The molecule has 4 aliphatic carbocycles. The van der Waals surface area contributed by atoms with Crippen molar-refractivity contribution in [1.29, 1.82) is 0 Å². The van der Waals surface area contributed by atoms with Gasteiger partial charge in [0.1, 0.15) is 5.78 Å². The van der Waals surface area contributed by atoms with E-state index in [0.29, 0.717) is 43.0 Å². The maximum atomic E-state index is 12.7. The Hall–Kier alpha value is -1.45. The van der Waals surface area contributed by atoms with E-state index in [4.69, 9.17) is 4.74 Å². The number of Topliss-reactive ketones (excluding diaryl/α,β-unsaturated/α-hetero) is 1. The fourth-order valence-electron chi connectivity index (χ4n) is 8.49. The predicted octanol–water partition coefficient (Wildman–Crippen LogP) is 6.76. The van der Waals surface area contributed by atoms with Crippen LogP contribution >= 0.6 is 0 Å². The summed E-state index contributed by atoms with van der Waals surface area (Å²) < 4.78 is 6.14. The minimum atomic E-state index is -1.06. The zero-order valence-corrected chi connectivity index (χ0v) is 21.2. The largest absolute Gasteiger partial charge is 0.365 e. The van der Waals surface area contributed by atoms with Crippen LogP contribution in [0.4, 0.5) is 0 Å². The molecule has 1 N–H and O–H groups in total. The van der Waals surface area contributed by atoms with Crippen LogP contribution in [0.15, 0.2) is 35.9 Å². The van der Waals surface area contributed by atoms with Crippen LogP contribution in [0.25, 0.3) is 0 Å². The molecule has 0 aromatic heterocycles. The topological polar surface area (TPSA) is 46.5 Å². The number of aliphatic hydroxyl groups is 1. The van der Waals surface area contributed by atoms with Crippen LogP contribution < -0.4 is 0 Å². The van der Waals surface area contributed by atoms with E-state index in [1.807, 2.05) is 6.92 Å². The van der Waals surface area contributed by atoms with Crippen LogP contribution in [0.3, 0.4) is 0 Å². The maximum absolute atomic E-state index is 12.7. The third-order valence-electron chi connectivity index (χ3n) is 11.1. The SMILES string of the molecule is CC(=O)[C@@]1(C)CC[C@H]2[C@@H]3CC=C4CC(O)(OCc5ccc(C)cc5)CC[C@]4(C)[C@H]3CC[C@@]21C. The van der Waals surface area contributed by atoms with Crippen molar-refractivity contribution in [2.45, 2.75) is 98.4 Å². The summed E-state index contributed by atoms with van der Waals surface area (Å²) >= 11 is 0. The number of allylic oxidation sites excluding steroid dienone is 1. The van der Waals surface area contributed by atoms with Crippen LogP contribution in [0, 0.1) is 40.9 Å². The second-order valence-corrected chi connectivity index (χ2v) is 12.5. The molecule has 180 valence electrons. The monoisotopic (exact) mass is 450 g/mol. The smallest absolute Gasteiger partial charge is 0.169 e. The minimum Gasteiger partial charge on any atom is -0.365 e. The van der Waals surface area contributed by atoms with Gasteiger partial charge >= 0.3 is 0 Å². The molecule has 0 radical (unpaired) electrons. The van der Waals surface area contributed by atoms with E-state index in [-0.39, 0.29) is 16.2 Å². The quantitative estimate of drug-likeness (QED) is 0.407. The Morgan fingerprint density at radius 1 is 1.03 bits per heavy atom. The summed E-state index contributed by atoms with van der Waals surface area (Å²) in [4.78, 5) is 12.7. The Kier molecular flexibility index (Phi) is 5.49. The lowest BCUT2D eigenvalue weighted by molar-refractivity contribution is -0.231. The van der Waals surface area contributed by atoms with Gasteiger partial charge in [-0.1, -0.05) is 62.2 Å². The first-order valence-corrected chi connectivity index (χ1v) is 13.1. The molecule has 3 saturated carbocycles. The Balaban J connectivity index is 1.34. The third-order valence-corrected chi connectivity index (χ3v) is 11.1. The molecule has 1 aromatic rings. The second kappa shape index (κ2) is 7.78. The van der Waals surface area contributed by atoms with Crippen molar-refractivity contribution in [3.63, 3.8) is 0 Å². The summed E-state index contributed by atoms with van der Waals surface area (Å²) in [5, 5.41) is 11.4. The highest BCUT2D eigenvalue weighted by Gasteiger charge is 2.64. The predicted molar refractivity (Wildman–Crippen MR) is 131 cm³/mol. The van der Waals surface area contributed by atoms with Gasteiger partial charge < -0.3 is 9.84 Å². The van der Waals surface area contributed by atoms with E-state index in [0.717, 1.165) is 31.2 Å². The number of ether oxygens (including phenoxy) is 1. The Morgan fingerprint density at radius 2 is 1.73 bits per heavy atom.